The summed E-state index contributed by atoms with van der Waals surface area (Å²) in [6.07, 6.45) is 0.733. The third kappa shape index (κ3) is 5.00. The number of hydrogen-bond acceptors (Lipinski definition) is 2. The summed E-state index contributed by atoms with van der Waals surface area (Å²) in [5.41, 5.74) is 0.00479. The monoisotopic (exact) mass is 257 g/mol. The highest BCUT2D eigenvalue weighted by Crippen LogP contribution is 2.17. The van der Waals surface area contributed by atoms with Crippen LogP contribution in [0.25, 0.3) is 0 Å². The molecule has 2 nitrogen and oxygen atoms in total. The first-order chi connectivity index (χ1) is 8.31. The van der Waals surface area contributed by atoms with Gasteiger partial charge in [0.1, 0.15) is 11.9 Å². The van der Waals surface area contributed by atoms with Crippen molar-refractivity contribution in [2.24, 2.45) is 0 Å². The average Bonchev–Trinajstić information content (AvgIpc) is 2.28. The minimum absolute atomic E-state index is 0.00479. The Labute approximate surface area is 107 Å². The van der Waals surface area contributed by atoms with Gasteiger partial charge in [0.15, 0.2) is 11.6 Å². The minimum Gasteiger partial charge on any atom is -0.489 e. The molecule has 0 spiro atoms. The highest BCUT2D eigenvalue weighted by atomic mass is 19.2. The topological polar surface area (TPSA) is 21.3 Å². The molecule has 0 saturated heterocycles. The predicted octanol–water partition coefficient (Wildman–Crippen LogP) is 3.51. The number of rotatable bonds is 5. The first-order valence-corrected chi connectivity index (χ1v) is 6.18. The quantitative estimate of drug-likeness (QED) is 0.871. The molecule has 0 fully saturated rings. The molecule has 0 aliphatic rings. The minimum atomic E-state index is -0.883. The smallest absolute Gasteiger partial charge is 0.162 e. The Kier molecular flexibility index (Phi) is 5.08. The molecule has 1 atom stereocenters. The number of halogens is 2. The van der Waals surface area contributed by atoms with Crippen LogP contribution in [-0.4, -0.2) is 18.2 Å². The summed E-state index contributed by atoms with van der Waals surface area (Å²) in [5.74, 6) is -1.38. The zero-order valence-corrected chi connectivity index (χ0v) is 11.4. The fourth-order valence-electron chi connectivity index (χ4n) is 1.43. The van der Waals surface area contributed by atoms with Gasteiger partial charge in [0.2, 0.25) is 0 Å². The van der Waals surface area contributed by atoms with Crippen molar-refractivity contribution in [2.45, 2.75) is 45.8 Å². The molecular formula is C14H21F2NO. The van der Waals surface area contributed by atoms with Crippen LogP contribution in [0.5, 0.6) is 5.75 Å². The molecule has 18 heavy (non-hydrogen) atoms. The number of benzene rings is 1. The Balaban J connectivity index is 2.59. The highest BCUT2D eigenvalue weighted by molar-refractivity contribution is 5.23. The van der Waals surface area contributed by atoms with Crippen LogP contribution in [0.15, 0.2) is 18.2 Å². The fourth-order valence-corrected chi connectivity index (χ4v) is 1.43. The van der Waals surface area contributed by atoms with E-state index >= 15 is 0 Å². The fraction of sp³-hybridized carbons (Fsp3) is 0.571. The van der Waals surface area contributed by atoms with E-state index in [0.717, 1.165) is 18.6 Å². The molecule has 0 heterocycles. The van der Waals surface area contributed by atoms with Gasteiger partial charge >= 0.3 is 0 Å². The van der Waals surface area contributed by atoms with Gasteiger partial charge in [0.25, 0.3) is 0 Å². The second kappa shape index (κ2) is 6.14. The maximum atomic E-state index is 13.0. The lowest BCUT2D eigenvalue weighted by atomic mass is 10.1. The number of ether oxygens (including phenoxy) is 1. The molecule has 1 N–H and O–H groups in total. The molecular weight excluding hydrogens is 236 g/mol. The average molecular weight is 257 g/mol. The Morgan fingerprint density at radius 1 is 1.22 bits per heavy atom. The van der Waals surface area contributed by atoms with Crippen molar-refractivity contribution in [1.29, 1.82) is 0 Å². The second-order valence-electron chi connectivity index (χ2n) is 5.35. The molecule has 0 aliphatic carbocycles. The predicted molar refractivity (Wildman–Crippen MR) is 68.8 cm³/mol. The third-order valence-corrected chi connectivity index (χ3v) is 2.51. The summed E-state index contributed by atoms with van der Waals surface area (Å²) in [4.78, 5) is 0. The Morgan fingerprint density at radius 3 is 2.39 bits per heavy atom. The molecule has 102 valence electrons. The van der Waals surface area contributed by atoms with Crippen molar-refractivity contribution in [3.63, 3.8) is 0 Å². The summed E-state index contributed by atoms with van der Waals surface area (Å²) in [7, 11) is 0. The van der Waals surface area contributed by atoms with Crippen molar-refractivity contribution < 1.29 is 13.5 Å². The lowest BCUT2D eigenvalue weighted by molar-refractivity contribution is 0.180. The van der Waals surface area contributed by atoms with Crippen LogP contribution in [0.4, 0.5) is 8.78 Å². The Hall–Kier alpha value is -1.16. The zero-order chi connectivity index (χ0) is 13.8. The maximum Gasteiger partial charge on any atom is 0.162 e. The van der Waals surface area contributed by atoms with Gasteiger partial charge < -0.3 is 10.1 Å². The second-order valence-corrected chi connectivity index (χ2v) is 5.35. The summed E-state index contributed by atoms with van der Waals surface area (Å²) < 4.78 is 31.4. The molecule has 1 aromatic rings. The van der Waals surface area contributed by atoms with Gasteiger partial charge in [0.05, 0.1) is 0 Å². The molecule has 0 radical (unpaired) electrons. The highest BCUT2D eigenvalue weighted by Gasteiger charge is 2.14. The van der Waals surface area contributed by atoms with Crippen molar-refractivity contribution in [3.05, 3.63) is 29.8 Å². The molecule has 1 rings (SSSR count). The number of nitrogens with one attached hydrogen (secondary N) is 1. The largest absolute Gasteiger partial charge is 0.489 e. The van der Waals surface area contributed by atoms with E-state index < -0.39 is 11.6 Å². The lowest BCUT2D eigenvalue weighted by Gasteiger charge is -2.25. The first-order valence-electron chi connectivity index (χ1n) is 6.18. The van der Waals surface area contributed by atoms with Crippen LogP contribution in [0.3, 0.4) is 0 Å². The summed E-state index contributed by atoms with van der Waals surface area (Å²) in [6, 6.07) is 3.60. The van der Waals surface area contributed by atoms with Gasteiger partial charge in [-0.3, -0.25) is 0 Å². The van der Waals surface area contributed by atoms with E-state index in [4.69, 9.17) is 4.74 Å². The number of hydrogen-bond donors (Lipinski definition) is 1. The summed E-state index contributed by atoms with van der Waals surface area (Å²) in [5, 5.41) is 3.33. The van der Waals surface area contributed by atoms with Crippen LogP contribution >= 0.6 is 0 Å². The van der Waals surface area contributed by atoms with E-state index in [-0.39, 0.29) is 11.6 Å². The SMILES string of the molecule is CCC(CNC(C)(C)C)Oc1ccc(F)c(F)c1. The standard InChI is InChI=1S/C14H21F2NO/c1-5-10(9-17-14(2,3)4)18-11-6-7-12(15)13(16)8-11/h6-8,10,17H,5,9H2,1-4H3. The molecule has 1 aromatic carbocycles. The van der Waals surface area contributed by atoms with E-state index in [1.807, 2.05) is 6.92 Å². The van der Waals surface area contributed by atoms with Crippen LogP contribution in [0, 0.1) is 11.6 Å². The van der Waals surface area contributed by atoms with Gasteiger partial charge in [-0.05, 0) is 39.3 Å². The van der Waals surface area contributed by atoms with Crippen molar-refractivity contribution in [1.82, 2.24) is 5.32 Å². The molecule has 0 bridgehead atoms. The normalized spacial score (nSPS) is 13.4. The van der Waals surface area contributed by atoms with E-state index in [1.54, 1.807) is 0 Å². The van der Waals surface area contributed by atoms with Gasteiger partial charge in [-0.1, -0.05) is 6.92 Å². The summed E-state index contributed by atoms with van der Waals surface area (Å²) in [6.45, 7) is 8.86. The molecule has 4 heteroatoms. The Bertz CT molecular complexity index is 388. The van der Waals surface area contributed by atoms with Crippen LogP contribution in [0.1, 0.15) is 34.1 Å². The molecule has 0 amide bonds. The van der Waals surface area contributed by atoms with Crippen LogP contribution in [-0.2, 0) is 0 Å². The molecule has 0 aliphatic heterocycles. The molecule has 0 saturated carbocycles. The Morgan fingerprint density at radius 2 is 1.89 bits per heavy atom. The third-order valence-electron chi connectivity index (χ3n) is 2.51. The van der Waals surface area contributed by atoms with E-state index in [9.17, 15) is 8.78 Å². The van der Waals surface area contributed by atoms with E-state index in [1.165, 1.54) is 6.07 Å². The van der Waals surface area contributed by atoms with E-state index in [2.05, 4.69) is 26.1 Å². The van der Waals surface area contributed by atoms with Gasteiger partial charge in [-0.25, -0.2) is 8.78 Å². The van der Waals surface area contributed by atoms with Crippen LogP contribution in [0.2, 0.25) is 0 Å². The van der Waals surface area contributed by atoms with Gasteiger partial charge in [-0.15, -0.1) is 0 Å². The summed E-state index contributed by atoms with van der Waals surface area (Å²) >= 11 is 0. The van der Waals surface area contributed by atoms with Crippen molar-refractivity contribution in [3.8, 4) is 5.75 Å². The molecule has 0 aromatic heterocycles. The van der Waals surface area contributed by atoms with Crippen LogP contribution < -0.4 is 10.1 Å². The van der Waals surface area contributed by atoms with Gasteiger partial charge in [0, 0.05) is 18.2 Å². The first kappa shape index (κ1) is 14.9. The maximum absolute atomic E-state index is 13.0. The molecule has 1 unspecified atom stereocenters. The zero-order valence-electron chi connectivity index (χ0n) is 11.4. The van der Waals surface area contributed by atoms with Crippen molar-refractivity contribution >= 4 is 0 Å². The van der Waals surface area contributed by atoms with E-state index in [0.29, 0.717) is 12.3 Å². The van der Waals surface area contributed by atoms with Gasteiger partial charge in [-0.2, -0.15) is 0 Å². The lowest BCUT2D eigenvalue weighted by Crippen LogP contribution is -2.42. The van der Waals surface area contributed by atoms with Crippen molar-refractivity contribution in [2.75, 3.05) is 6.54 Å².